The van der Waals surface area contributed by atoms with Crippen molar-refractivity contribution in [2.75, 3.05) is 0 Å². The summed E-state index contributed by atoms with van der Waals surface area (Å²) in [6.07, 6.45) is -4.55. The zero-order valence-electron chi connectivity index (χ0n) is 13.0. The molecule has 0 bridgehead atoms. The molecule has 134 valence electrons. The molecule has 5 nitrogen and oxygen atoms in total. The number of hydrogen-bond acceptors (Lipinski definition) is 3. The van der Waals surface area contributed by atoms with Crippen LogP contribution in [0.15, 0.2) is 53.4 Å². The molecule has 0 heterocycles. The van der Waals surface area contributed by atoms with Gasteiger partial charge >= 0.3 is 6.18 Å². The van der Waals surface area contributed by atoms with E-state index >= 15 is 0 Å². The molecule has 25 heavy (non-hydrogen) atoms. The van der Waals surface area contributed by atoms with Crippen LogP contribution in [-0.4, -0.2) is 14.3 Å². The highest BCUT2D eigenvalue weighted by molar-refractivity contribution is 7.89. The Labute approximate surface area is 142 Å². The van der Waals surface area contributed by atoms with Crippen LogP contribution in [0.1, 0.15) is 34.5 Å². The third-order valence-electron chi connectivity index (χ3n) is 3.49. The van der Waals surface area contributed by atoms with Crippen LogP contribution in [0.4, 0.5) is 13.2 Å². The van der Waals surface area contributed by atoms with Crippen LogP contribution in [0.25, 0.3) is 0 Å². The zero-order chi connectivity index (χ0) is 18.8. The lowest BCUT2D eigenvalue weighted by molar-refractivity contribution is -0.137. The number of nitrogens with two attached hydrogens (primary N) is 1. The molecule has 0 aliphatic heterocycles. The van der Waals surface area contributed by atoms with Gasteiger partial charge in [-0.2, -0.15) is 13.2 Å². The van der Waals surface area contributed by atoms with Gasteiger partial charge in [-0.15, -0.1) is 0 Å². The molecule has 0 aliphatic rings. The monoisotopic (exact) mass is 372 g/mol. The second kappa shape index (κ2) is 6.85. The standard InChI is InChI=1S/C16H15F3N2O3S/c1-10(11-4-3-7-14(9-11)25(20,23)24)21-15(22)12-5-2-6-13(8-12)16(17,18)19/h2-10H,1H3,(H,21,22)(H2,20,23,24)/t10-/m0/s1. The summed E-state index contributed by atoms with van der Waals surface area (Å²) in [4.78, 5) is 12.0. The Kier molecular flexibility index (Phi) is 5.19. The number of rotatable bonds is 4. The van der Waals surface area contributed by atoms with Gasteiger partial charge in [0.1, 0.15) is 0 Å². The minimum Gasteiger partial charge on any atom is -0.346 e. The van der Waals surface area contributed by atoms with Gasteiger partial charge in [-0.3, -0.25) is 4.79 Å². The van der Waals surface area contributed by atoms with E-state index in [9.17, 15) is 26.4 Å². The minimum atomic E-state index is -4.55. The molecule has 0 spiro atoms. The van der Waals surface area contributed by atoms with Crippen molar-refractivity contribution in [3.63, 3.8) is 0 Å². The first-order valence-electron chi connectivity index (χ1n) is 7.09. The van der Waals surface area contributed by atoms with E-state index in [0.29, 0.717) is 5.56 Å². The molecule has 2 aromatic carbocycles. The highest BCUT2D eigenvalue weighted by Gasteiger charge is 2.31. The van der Waals surface area contributed by atoms with Crippen molar-refractivity contribution < 1.29 is 26.4 Å². The summed E-state index contributed by atoms with van der Waals surface area (Å²) >= 11 is 0. The maximum atomic E-state index is 12.7. The van der Waals surface area contributed by atoms with Crippen LogP contribution in [-0.2, 0) is 16.2 Å². The fourth-order valence-electron chi connectivity index (χ4n) is 2.16. The summed E-state index contributed by atoms with van der Waals surface area (Å²) in [7, 11) is -3.90. The molecule has 2 rings (SSSR count). The molecule has 0 aromatic heterocycles. The van der Waals surface area contributed by atoms with Crippen LogP contribution < -0.4 is 10.5 Å². The summed E-state index contributed by atoms with van der Waals surface area (Å²) in [5.74, 6) is -0.709. The zero-order valence-corrected chi connectivity index (χ0v) is 13.9. The fourth-order valence-corrected chi connectivity index (χ4v) is 2.73. The Morgan fingerprint density at radius 2 is 1.76 bits per heavy atom. The maximum absolute atomic E-state index is 12.7. The van der Waals surface area contributed by atoms with E-state index in [-0.39, 0.29) is 10.5 Å². The first-order chi connectivity index (χ1) is 11.5. The van der Waals surface area contributed by atoms with E-state index in [0.717, 1.165) is 18.2 Å². The normalized spacial score (nSPS) is 13.3. The van der Waals surface area contributed by atoms with Crippen molar-refractivity contribution >= 4 is 15.9 Å². The largest absolute Gasteiger partial charge is 0.416 e. The van der Waals surface area contributed by atoms with Crippen molar-refractivity contribution in [1.29, 1.82) is 0 Å². The van der Waals surface area contributed by atoms with Crippen molar-refractivity contribution in [1.82, 2.24) is 5.32 Å². The number of nitrogens with one attached hydrogen (secondary N) is 1. The highest BCUT2D eigenvalue weighted by Crippen LogP contribution is 2.29. The van der Waals surface area contributed by atoms with Crippen molar-refractivity contribution in [3.8, 4) is 0 Å². The summed E-state index contributed by atoms with van der Waals surface area (Å²) in [6.45, 7) is 1.58. The number of carbonyl (C=O) groups is 1. The molecule has 0 unspecified atom stereocenters. The van der Waals surface area contributed by atoms with Crippen molar-refractivity contribution in [3.05, 3.63) is 65.2 Å². The van der Waals surface area contributed by atoms with E-state index < -0.39 is 33.7 Å². The molecule has 0 saturated heterocycles. The minimum absolute atomic E-state index is 0.120. The number of halogens is 3. The molecule has 9 heteroatoms. The lowest BCUT2D eigenvalue weighted by Gasteiger charge is -2.16. The average molecular weight is 372 g/mol. The topological polar surface area (TPSA) is 89.3 Å². The van der Waals surface area contributed by atoms with E-state index in [1.54, 1.807) is 13.0 Å². The van der Waals surface area contributed by atoms with Crippen LogP contribution in [0.3, 0.4) is 0 Å². The van der Waals surface area contributed by atoms with Gasteiger partial charge in [0.15, 0.2) is 0 Å². The molecular formula is C16H15F3N2O3S. The molecular weight excluding hydrogens is 357 g/mol. The number of amides is 1. The molecule has 0 fully saturated rings. The number of alkyl halides is 3. The first-order valence-corrected chi connectivity index (χ1v) is 8.64. The van der Waals surface area contributed by atoms with Gasteiger partial charge in [0.05, 0.1) is 16.5 Å². The van der Waals surface area contributed by atoms with Gasteiger partial charge in [-0.05, 0) is 42.8 Å². The molecule has 2 aromatic rings. The second-order valence-electron chi connectivity index (χ2n) is 5.39. The Hall–Kier alpha value is -2.39. The van der Waals surface area contributed by atoms with E-state index in [1.165, 1.54) is 24.3 Å². The van der Waals surface area contributed by atoms with Crippen molar-refractivity contribution in [2.45, 2.75) is 24.0 Å². The van der Waals surface area contributed by atoms with Gasteiger partial charge in [0.25, 0.3) is 5.91 Å². The number of primary sulfonamides is 1. The van der Waals surface area contributed by atoms with Crippen molar-refractivity contribution in [2.24, 2.45) is 5.14 Å². The number of hydrogen-bond donors (Lipinski definition) is 2. The summed E-state index contributed by atoms with van der Waals surface area (Å²) < 4.78 is 60.9. The predicted molar refractivity (Wildman–Crippen MR) is 85.1 cm³/mol. The fraction of sp³-hybridized carbons (Fsp3) is 0.188. The Morgan fingerprint density at radius 1 is 1.12 bits per heavy atom. The van der Waals surface area contributed by atoms with Gasteiger partial charge < -0.3 is 5.32 Å². The molecule has 1 amide bonds. The van der Waals surface area contributed by atoms with Gasteiger partial charge in [-0.1, -0.05) is 18.2 Å². The summed E-state index contributed by atoms with van der Waals surface area (Å²) in [5, 5.41) is 7.58. The van der Waals surface area contributed by atoms with E-state index in [2.05, 4.69) is 5.32 Å². The summed E-state index contributed by atoms with van der Waals surface area (Å²) in [6, 6.07) is 9.03. The van der Waals surface area contributed by atoms with Gasteiger partial charge in [-0.25, -0.2) is 13.6 Å². The second-order valence-corrected chi connectivity index (χ2v) is 6.95. The quantitative estimate of drug-likeness (QED) is 0.865. The van der Waals surface area contributed by atoms with Crippen LogP contribution in [0.5, 0.6) is 0 Å². The maximum Gasteiger partial charge on any atom is 0.416 e. The molecule has 0 saturated carbocycles. The third-order valence-corrected chi connectivity index (χ3v) is 4.40. The number of carbonyl (C=O) groups excluding carboxylic acids is 1. The summed E-state index contributed by atoms with van der Waals surface area (Å²) in [5.41, 5.74) is -0.625. The van der Waals surface area contributed by atoms with Gasteiger partial charge in [0, 0.05) is 5.56 Å². The van der Waals surface area contributed by atoms with Gasteiger partial charge in [0.2, 0.25) is 10.0 Å². The molecule has 0 aliphatic carbocycles. The number of benzene rings is 2. The highest BCUT2D eigenvalue weighted by atomic mass is 32.2. The third kappa shape index (κ3) is 4.80. The Morgan fingerprint density at radius 3 is 2.36 bits per heavy atom. The Balaban J connectivity index is 2.21. The van der Waals surface area contributed by atoms with E-state index in [4.69, 9.17) is 5.14 Å². The SMILES string of the molecule is C[C@H](NC(=O)c1cccc(C(F)(F)F)c1)c1cccc(S(N)(=O)=O)c1. The molecule has 0 radical (unpaired) electrons. The van der Waals surface area contributed by atoms with Crippen LogP contribution in [0.2, 0.25) is 0 Å². The number of sulfonamides is 1. The molecule has 1 atom stereocenters. The molecule has 3 N–H and O–H groups in total. The predicted octanol–water partition coefficient (Wildman–Crippen LogP) is 2.84. The van der Waals surface area contributed by atoms with Crippen LogP contribution >= 0.6 is 0 Å². The van der Waals surface area contributed by atoms with E-state index in [1.807, 2.05) is 0 Å². The van der Waals surface area contributed by atoms with Crippen LogP contribution in [0, 0.1) is 0 Å². The first kappa shape index (κ1) is 18.9. The lowest BCUT2D eigenvalue weighted by atomic mass is 10.1. The Bertz CT molecular complexity index is 895. The smallest absolute Gasteiger partial charge is 0.346 e. The lowest BCUT2D eigenvalue weighted by Crippen LogP contribution is -2.27. The average Bonchev–Trinajstić information content (AvgIpc) is 2.53.